The number of aromatic nitrogens is 5. The van der Waals surface area contributed by atoms with E-state index in [1.165, 1.54) is 12.1 Å². The zero-order valence-corrected chi connectivity index (χ0v) is 14.4. The Morgan fingerprint density at radius 3 is 2.88 bits per heavy atom. The highest BCUT2D eigenvalue weighted by Crippen LogP contribution is 2.32. The van der Waals surface area contributed by atoms with Gasteiger partial charge in [-0.3, -0.25) is 0 Å². The molecule has 0 N–H and O–H groups in total. The maximum Gasteiger partial charge on any atom is 0.155 e. The largest absolute Gasteiger partial charge is 0.496 e. The lowest BCUT2D eigenvalue weighted by molar-refractivity contribution is 0.185. The molecule has 1 atom stereocenters. The summed E-state index contributed by atoms with van der Waals surface area (Å²) in [7, 11) is 3.20. The van der Waals surface area contributed by atoms with E-state index < -0.39 is 0 Å². The van der Waals surface area contributed by atoms with Crippen molar-refractivity contribution < 1.29 is 13.9 Å². The van der Waals surface area contributed by atoms with Crippen LogP contribution in [0, 0.1) is 5.82 Å². The van der Waals surface area contributed by atoms with E-state index in [9.17, 15) is 4.39 Å². The quantitative estimate of drug-likeness (QED) is 0.658. The van der Waals surface area contributed by atoms with Crippen LogP contribution in [0.5, 0.6) is 5.75 Å². The van der Waals surface area contributed by atoms with E-state index in [1.54, 1.807) is 32.8 Å². The van der Waals surface area contributed by atoms with Gasteiger partial charge in [-0.1, -0.05) is 0 Å². The van der Waals surface area contributed by atoms with Crippen LogP contribution in [-0.4, -0.2) is 45.1 Å². The molecule has 0 fully saturated rings. The van der Waals surface area contributed by atoms with E-state index >= 15 is 0 Å². The fraction of sp³-hybridized carbons (Fsp3) is 0.353. The molecule has 7 nitrogen and oxygen atoms in total. The molecule has 2 aromatic heterocycles. The monoisotopic (exact) mass is 345 g/mol. The fourth-order valence-electron chi connectivity index (χ4n) is 2.76. The van der Waals surface area contributed by atoms with Gasteiger partial charge in [0.1, 0.15) is 23.7 Å². The number of rotatable bonds is 7. The van der Waals surface area contributed by atoms with Crippen LogP contribution < -0.4 is 4.74 Å². The van der Waals surface area contributed by atoms with Crippen molar-refractivity contribution in [1.29, 1.82) is 0 Å². The van der Waals surface area contributed by atoms with Gasteiger partial charge in [0.2, 0.25) is 0 Å². The number of hydrogen-bond donors (Lipinski definition) is 0. The molecule has 0 unspecified atom stereocenters. The van der Waals surface area contributed by atoms with Crippen molar-refractivity contribution in [3.05, 3.63) is 48.6 Å². The number of hydrogen-bond acceptors (Lipinski definition) is 5. The average Bonchev–Trinajstić information content (AvgIpc) is 3.28. The van der Waals surface area contributed by atoms with Crippen LogP contribution in [0.2, 0.25) is 0 Å². The summed E-state index contributed by atoms with van der Waals surface area (Å²) in [5, 5.41) is 8.22. The summed E-state index contributed by atoms with van der Waals surface area (Å²) in [6, 6.07) is 4.22. The average molecular weight is 345 g/mol. The topological polar surface area (TPSA) is 67.0 Å². The third kappa shape index (κ3) is 3.39. The lowest BCUT2D eigenvalue weighted by Gasteiger charge is -2.18. The van der Waals surface area contributed by atoms with Gasteiger partial charge in [-0.15, -0.1) is 10.2 Å². The smallest absolute Gasteiger partial charge is 0.155 e. The zero-order valence-electron chi connectivity index (χ0n) is 14.4. The van der Waals surface area contributed by atoms with Crippen molar-refractivity contribution in [2.45, 2.75) is 19.5 Å². The summed E-state index contributed by atoms with van der Waals surface area (Å²) in [5.41, 5.74) is 0.585. The number of methoxy groups -OCH3 is 2. The summed E-state index contributed by atoms with van der Waals surface area (Å²) in [5.74, 6) is 1.58. The first-order valence-electron chi connectivity index (χ1n) is 7.89. The van der Waals surface area contributed by atoms with Gasteiger partial charge in [-0.05, 0) is 25.1 Å². The molecule has 25 heavy (non-hydrogen) atoms. The molecule has 0 amide bonds. The Morgan fingerprint density at radius 1 is 1.28 bits per heavy atom. The first kappa shape index (κ1) is 17.1. The Kier molecular flexibility index (Phi) is 5.08. The standard InChI is InChI=1S/C17H20FN5O2/c1-12(16-21-20-11-22(16)8-9-24-2)23-7-6-19-17(23)14-10-13(18)4-5-15(14)25-3/h4-7,10-12H,8-9H2,1-3H3/t12-/m1/s1. The van der Waals surface area contributed by atoms with Gasteiger partial charge in [-0.2, -0.15) is 0 Å². The molecule has 8 heteroatoms. The maximum absolute atomic E-state index is 13.8. The second-order valence-corrected chi connectivity index (χ2v) is 5.55. The Balaban J connectivity index is 2.00. The number of ether oxygens (including phenoxy) is 2. The molecule has 3 rings (SSSR count). The zero-order chi connectivity index (χ0) is 17.8. The van der Waals surface area contributed by atoms with Crippen LogP contribution in [0.25, 0.3) is 11.4 Å². The first-order valence-corrected chi connectivity index (χ1v) is 7.89. The van der Waals surface area contributed by atoms with Crippen LogP contribution in [0.3, 0.4) is 0 Å². The van der Waals surface area contributed by atoms with Gasteiger partial charge in [0.25, 0.3) is 0 Å². The minimum atomic E-state index is -0.346. The summed E-state index contributed by atoms with van der Waals surface area (Å²) >= 11 is 0. The van der Waals surface area contributed by atoms with Crippen molar-refractivity contribution in [2.24, 2.45) is 0 Å². The molecule has 2 heterocycles. The van der Waals surface area contributed by atoms with Crippen LogP contribution in [0.1, 0.15) is 18.8 Å². The molecule has 0 bridgehead atoms. The Labute approximate surface area is 145 Å². The first-order chi connectivity index (χ1) is 12.2. The minimum Gasteiger partial charge on any atom is -0.496 e. The van der Waals surface area contributed by atoms with Crippen LogP contribution >= 0.6 is 0 Å². The van der Waals surface area contributed by atoms with E-state index in [1.807, 2.05) is 22.3 Å². The molecule has 0 aliphatic carbocycles. The molecular formula is C17H20FN5O2. The minimum absolute atomic E-state index is 0.148. The van der Waals surface area contributed by atoms with Gasteiger partial charge >= 0.3 is 0 Å². The molecule has 0 saturated carbocycles. The third-order valence-corrected chi connectivity index (χ3v) is 4.04. The summed E-state index contributed by atoms with van der Waals surface area (Å²) in [6.45, 7) is 3.20. The molecule has 3 aromatic rings. The van der Waals surface area contributed by atoms with Crippen LogP contribution in [0.15, 0.2) is 36.9 Å². The van der Waals surface area contributed by atoms with Crippen molar-refractivity contribution in [3.8, 4) is 17.1 Å². The summed E-state index contributed by atoms with van der Waals surface area (Å²) in [4.78, 5) is 4.39. The van der Waals surface area contributed by atoms with Crippen molar-refractivity contribution >= 4 is 0 Å². The highest BCUT2D eigenvalue weighted by molar-refractivity contribution is 5.65. The molecular weight excluding hydrogens is 325 g/mol. The van der Waals surface area contributed by atoms with E-state index in [2.05, 4.69) is 15.2 Å². The molecule has 0 aliphatic rings. The van der Waals surface area contributed by atoms with Crippen molar-refractivity contribution in [1.82, 2.24) is 24.3 Å². The Morgan fingerprint density at radius 2 is 2.12 bits per heavy atom. The predicted octanol–water partition coefficient (Wildman–Crippen LogP) is 2.55. The van der Waals surface area contributed by atoms with Gasteiger partial charge in [0, 0.05) is 26.0 Å². The second kappa shape index (κ2) is 7.43. The molecule has 0 radical (unpaired) electrons. The normalized spacial score (nSPS) is 12.3. The Bertz CT molecular complexity index is 845. The SMILES string of the molecule is COCCn1cnnc1[C@@H](C)n1ccnc1-c1cc(F)ccc1OC. The summed E-state index contributed by atoms with van der Waals surface area (Å²) < 4.78 is 28.1. The molecule has 1 aromatic carbocycles. The van der Waals surface area contributed by atoms with Gasteiger partial charge in [0.05, 0.1) is 25.3 Å². The maximum atomic E-state index is 13.8. The van der Waals surface area contributed by atoms with Gasteiger partial charge in [0.15, 0.2) is 5.82 Å². The molecule has 0 aliphatic heterocycles. The molecule has 132 valence electrons. The Hall–Kier alpha value is -2.74. The van der Waals surface area contributed by atoms with Crippen LogP contribution in [0.4, 0.5) is 4.39 Å². The number of nitrogens with zero attached hydrogens (tertiary/aromatic N) is 5. The number of halogens is 1. The number of benzene rings is 1. The van der Waals surface area contributed by atoms with Gasteiger partial charge < -0.3 is 18.6 Å². The molecule has 0 spiro atoms. The van der Waals surface area contributed by atoms with E-state index in [4.69, 9.17) is 9.47 Å². The molecule has 0 saturated heterocycles. The predicted molar refractivity (Wildman–Crippen MR) is 89.9 cm³/mol. The van der Waals surface area contributed by atoms with Crippen molar-refractivity contribution in [2.75, 3.05) is 20.8 Å². The lowest BCUT2D eigenvalue weighted by atomic mass is 10.1. The van der Waals surface area contributed by atoms with E-state index in [0.717, 1.165) is 5.82 Å². The third-order valence-electron chi connectivity index (χ3n) is 4.04. The lowest BCUT2D eigenvalue weighted by Crippen LogP contribution is -2.16. The highest BCUT2D eigenvalue weighted by atomic mass is 19.1. The fourth-order valence-corrected chi connectivity index (χ4v) is 2.76. The number of imidazole rings is 1. The highest BCUT2D eigenvalue weighted by Gasteiger charge is 2.20. The van der Waals surface area contributed by atoms with Crippen molar-refractivity contribution in [3.63, 3.8) is 0 Å². The van der Waals surface area contributed by atoms with Crippen LogP contribution in [-0.2, 0) is 11.3 Å². The summed E-state index contributed by atoms with van der Waals surface area (Å²) in [6.07, 6.45) is 5.18. The van der Waals surface area contributed by atoms with E-state index in [0.29, 0.717) is 30.3 Å². The van der Waals surface area contributed by atoms with Gasteiger partial charge in [-0.25, -0.2) is 9.37 Å². The van der Waals surface area contributed by atoms with E-state index in [-0.39, 0.29) is 11.9 Å². The second-order valence-electron chi connectivity index (χ2n) is 5.55.